The van der Waals surface area contributed by atoms with Gasteiger partial charge in [0.05, 0.1) is 10.9 Å². The molecule has 1 aliphatic carbocycles. The Labute approximate surface area is 172 Å². The third-order valence-electron chi connectivity index (χ3n) is 5.69. The SMILES string of the molecule is O=S1(=O)C=CC2[C@@H]1[C@H](/C=C/c1ccccc1)C[C@]2(O)/C=C/C=C/c1ccccc1. The summed E-state index contributed by atoms with van der Waals surface area (Å²) in [7, 11) is -3.37. The van der Waals surface area contributed by atoms with Crippen LogP contribution in [0.5, 0.6) is 0 Å². The van der Waals surface area contributed by atoms with Gasteiger partial charge in [0.25, 0.3) is 0 Å². The Hall–Kier alpha value is -2.69. The molecule has 4 rings (SSSR count). The van der Waals surface area contributed by atoms with Gasteiger partial charge in [0.15, 0.2) is 9.84 Å². The van der Waals surface area contributed by atoms with Crippen molar-refractivity contribution in [3.05, 3.63) is 108 Å². The van der Waals surface area contributed by atoms with Gasteiger partial charge < -0.3 is 5.11 Å². The predicted octanol–water partition coefficient (Wildman–Crippen LogP) is 4.65. The molecule has 2 aromatic carbocycles. The van der Waals surface area contributed by atoms with Crippen LogP contribution >= 0.6 is 0 Å². The number of hydrogen-bond acceptors (Lipinski definition) is 3. The molecule has 2 aliphatic rings. The number of benzene rings is 2. The Morgan fingerprint density at radius 1 is 0.897 bits per heavy atom. The van der Waals surface area contributed by atoms with Crippen LogP contribution in [0.25, 0.3) is 12.2 Å². The fourth-order valence-corrected chi connectivity index (χ4v) is 6.28. The molecule has 0 radical (unpaired) electrons. The second-order valence-corrected chi connectivity index (χ2v) is 9.66. The first-order chi connectivity index (χ1) is 14.0. The molecule has 0 aromatic heterocycles. The summed E-state index contributed by atoms with van der Waals surface area (Å²) in [6.07, 6.45) is 13.3. The van der Waals surface area contributed by atoms with Crippen molar-refractivity contribution in [2.45, 2.75) is 17.3 Å². The number of fused-ring (bicyclic) bond motifs is 1. The molecular formula is C25H24O3S. The maximum Gasteiger partial charge on any atom is 0.175 e. The molecular weight excluding hydrogens is 380 g/mol. The molecule has 1 heterocycles. The fraction of sp³-hybridized carbons (Fsp3) is 0.200. The van der Waals surface area contributed by atoms with Crippen LogP contribution in [-0.2, 0) is 9.84 Å². The zero-order valence-electron chi connectivity index (χ0n) is 16.0. The highest BCUT2D eigenvalue weighted by molar-refractivity contribution is 7.95. The summed E-state index contributed by atoms with van der Waals surface area (Å²) >= 11 is 0. The van der Waals surface area contributed by atoms with E-state index < -0.39 is 26.6 Å². The first kappa shape index (κ1) is 19.6. The first-order valence-electron chi connectivity index (χ1n) is 9.77. The van der Waals surface area contributed by atoms with Gasteiger partial charge in [-0.15, -0.1) is 0 Å². The largest absolute Gasteiger partial charge is 0.385 e. The highest BCUT2D eigenvalue weighted by Crippen LogP contribution is 2.49. The summed E-state index contributed by atoms with van der Waals surface area (Å²) in [4.78, 5) is 0. The van der Waals surface area contributed by atoms with Crippen molar-refractivity contribution < 1.29 is 13.5 Å². The van der Waals surface area contributed by atoms with Gasteiger partial charge in [0.2, 0.25) is 0 Å². The van der Waals surface area contributed by atoms with Crippen LogP contribution in [-0.4, -0.2) is 24.4 Å². The molecule has 1 unspecified atom stereocenters. The van der Waals surface area contributed by atoms with E-state index in [9.17, 15) is 13.5 Å². The molecule has 0 amide bonds. The lowest BCUT2D eigenvalue weighted by molar-refractivity contribution is 0.0690. The second kappa shape index (κ2) is 7.97. The van der Waals surface area contributed by atoms with E-state index in [0.29, 0.717) is 6.42 Å². The Kier molecular flexibility index (Phi) is 5.39. The topological polar surface area (TPSA) is 54.4 Å². The average Bonchev–Trinajstić information content (AvgIpc) is 3.21. The van der Waals surface area contributed by atoms with Gasteiger partial charge in [-0.3, -0.25) is 0 Å². The Morgan fingerprint density at radius 3 is 2.17 bits per heavy atom. The lowest BCUT2D eigenvalue weighted by Crippen LogP contribution is -2.33. The third kappa shape index (κ3) is 4.19. The van der Waals surface area contributed by atoms with Gasteiger partial charge in [-0.2, -0.15) is 0 Å². The van der Waals surface area contributed by atoms with Crippen molar-refractivity contribution >= 4 is 22.0 Å². The van der Waals surface area contributed by atoms with Crippen LogP contribution in [0.15, 0.2) is 96.5 Å². The monoisotopic (exact) mass is 404 g/mol. The smallest absolute Gasteiger partial charge is 0.175 e. The predicted molar refractivity (Wildman–Crippen MR) is 118 cm³/mol. The van der Waals surface area contributed by atoms with Crippen LogP contribution < -0.4 is 0 Å². The molecule has 29 heavy (non-hydrogen) atoms. The molecule has 148 valence electrons. The summed E-state index contributed by atoms with van der Waals surface area (Å²) in [5.74, 6) is -0.674. The van der Waals surface area contributed by atoms with E-state index >= 15 is 0 Å². The molecule has 1 fully saturated rings. The molecule has 2 aromatic rings. The summed E-state index contributed by atoms with van der Waals surface area (Å²) in [6, 6.07) is 19.7. The van der Waals surface area contributed by atoms with E-state index in [0.717, 1.165) is 11.1 Å². The van der Waals surface area contributed by atoms with Crippen LogP contribution in [0.2, 0.25) is 0 Å². The maximum absolute atomic E-state index is 12.6. The molecule has 4 atom stereocenters. The van der Waals surface area contributed by atoms with Gasteiger partial charge in [0, 0.05) is 11.3 Å². The minimum absolute atomic E-state index is 0.243. The first-order valence-corrected chi connectivity index (χ1v) is 11.4. The average molecular weight is 405 g/mol. The zero-order valence-corrected chi connectivity index (χ0v) is 16.8. The van der Waals surface area contributed by atoms with E-state index in [1.54, 1.807) is 12.2 Å². The van der Waals surface area contributed by atoms with Crippen molar-refractivity contribution in [2.24, 2.45) is 11.8 Å². The van der Waals surface area contributed by atoms with Gasteiger partial charge in [-0.25, -0.2) is 8.42 Å². The number of aliphatic hydroxyl groups is 1. The fourth-order valence-electron chi connectivity index (χ4n) is 4.30. The third-order valence-corrected chi connectivity index (χ3v) is 7.63. The normalized spacial score (nSPS) is 30.6. The number of hydrogen-bond donors (Lipinski definition) is 1. The van der Waals surface area contributed by atoms with Gasteiger partial charge in [-0.05, 0) is 23.5 Å². The summed E-state index contributed by atoms with van der Waals surface area (Å²) in [5.41, 5.74) is 0.905. The lowest BCUT2D eigenvalue weighted by atomic mass is 9.90. The second-order valence-electron chi connectivity index (χ2n) is 7.67. The molecule has 1 N–H and O–H groups in total. The minimum atomic E-state index is -3.37. The molecule has 1 saturated carbocycles. The number of rotatable bonds is 5. The Balaban J connectivity index is 1.56. The standard InChI is InChI=1S/C25H24O3S/c26-25(17-8-7-13-20-9-3-1-4-10-20)19-22(15-14-21-11-5-2-6-12-21)24-23(25)16-18-29(24,27)28/h1-18,22-24,26H,19H2/b13-7+,15-14+,17-8+/t22-,23?,24+,25-/m1/s1. The van der Waals surface area contributed by atoms with Crippen LogP contribution in [0, 0.1) is 11.8 Å². The molecule has 0 spiro atoms. The molecule has 0 bridgehead atoms. The Bertz CT molecular complexity index is 1070. The highest BCUT2D eigenvalue weighted by atomic mass is 32.2. The van der Waals surface area contributed by atoms with E-state index in [1.165, 1.54) is 5.41 Å². The molecule has 1 aliphatic heterocycles. The van der Waals surface area contributed by atoms with Gasteiger partial charge >= 0.3 is 0 Å². The van der Waals surface area contributed by atoms with E-state index in [2.05, 4.69) is 0 Å². The molecule has 4 heteroatoms. The zero-order chi connectivity index (χ0) is 20.3. The summed E-state index contributed by atoms with van der Waals surface area (Å²) < 4.78 is 25.2. The van der Waals surface area contributed by atoms with Crippen LogP contribution in [0.3, 0.4) is 0 Å². The summed E-state index contributed by atoms with van der Waals surface area (Å²) in [6.45, 7) is 0. The van der Waals surface area contributed by atoms with E-state index in [-0.39, 0.29) is 5.92 Å². The number of allylic oxidation sites excluding steroid dienone is 3. The minimum Gasteiger partial charge on any atom is -0.385 e. The Morgan fingerprint density at radius 2 is 1.52 bits per heavy atom. The van der Waals surface area contributed by atoms with E-state index in [1.807, 2.05) is 91.0 Å². The van der Waals surface area contributed by atoms with Crippen molar-refractivity contribution in [2.75, 3.05) is 0 Å². The maximum atomic E-state index is 12.6. The van der Waals surface area contributed by atoms with Crippen molar-refractivity contribution in [1.82, 2.24) is 0 Å². The van der Waals surface area contributed by atoms with Crippen molar-refractivity contribution in [3.63, 3.8) is 0 Å². The number of sulfone groups is 1. The van der Waals surface area contributed by atoms with Gasteiger partial charge in [0.1, 0.15) is 0 Å². The quantitative estimate of drug-likeness (QED) is 0.738. The van der Waals surface area contributed by atoms with Gasteiger partial charge in [-0.1, -0.05) is 103 Å². The van der Waals surface area contributed by atoms with E-state index in [4.69, 9.17) is 0 Å². The summed E-state index contributed by atoms with van der Waals surface area (Å²) in [5, 5.41) is 11.9. The van der Waals surface area contributed by atoms with Crippen molar-refractivity contribution in [3.8, 4) is 0 Å². The van der Waals surface area contributed by atoms with Crippen LogP contribution in [0.1, 0.15) is 17.5 Å². The highest BCUT2D eigenvalue weighted by Gasteiger charge is 2.56. The van der Waals surface area contributed by atoms with Crippen LogP contribution in [0.4, 0.5) is 0 Å². The van der Waals surface area contributed by atoms with Crippen molar-refractivity contribution in [1.29, 1.82) is 0 Å². The molecule has 3 nitrogen and oxygen atoms in total. The molecule has 0 saturated heterocycles. The lowest BCUT2D eigenvalue weighted by Gasteiger charge is -2.23.